The molecule has 0 atom stereocenters. The smallest absolute Gasteiger partial charge is 0.293 e. The lowest BCUT2D eigenvalue weighted by Gasteiger charge is -2.11. The maximum Gasteiger partial charge on any atom is 0.293 e. The van der Waals surface area contributed by atoms with E-state index < -0.39 is 5.91 Å². The van der Waals surface area contributed by atoms with Gasteiger partial charge in [0.05, 0.1) is 25.1 Å². The van der Waals surface area contributed by atoms with Crippen LogP contribution in [-0.4, -0.2) is 50.6 Å². The van der Waals surface area contributed by atoms with E-state index in [1.54, 1.807) is 26.2 Å². The molecule has 0 fully saturated rings. The van der Waals surface area contributed by atoms with Crippen LogP contribution in [0.3, 0.4) is 0 Å². The van der Waals surface area contributed by atoms with Crippen LogP contribution in [0, 0.1) is 0 Å². The number of hydrazone groups is 1. The summed E-state index contributed by atoms with van der Waals surface area (Å²) in [6.45, 7) is 7.95. The number of carbonyl (C=O) groups excluding carboxylic acids is 1. The summed E-state index contributed by atoms with van der Waals surface area (Å²) in [4.78, 5) is 12.8. The van der Waals surface area contributed by atoms with Crippen LogP contribution in [0.4, 0.5) is 5.82 Å². The molecule has 2 aromatic heterocycles. The fraction of sp³-hybridized carbons (Fsp3) is 0.368. The number of amides is 1. The minimum Gasteiger partial charge on any atom is -0.493 e. The van der Waals surface area contributed by atoms with E-state index in [0.717, 1.165) is 5.56 Å². The third-order valence-corrected chi connectivity index (χ3v) is 4.37. The molecule has 2 heterocycles. The first-order chi connectivity index (χ1) is 14.9. The van der Waals surface area contributed by atoms with Gasteiger partial charge in [-0.15, -0.1) is 5.10 Å². The van der Waals surface area contributed by atoms with Crippen LogP contribution in [-0.2, 0) is 0 Å². The Labute approximate surface area is 178 Å². The van der Waals surface area contributed by atoms with E-state index in [1.165, 1.54) is 4.68 Å². The zero-order chi connectivity index (χ0) is 22.5. The summed E-state index contributed by atoms with van der Waals surface area (Å²) in [5.41, 5.74) is 10.2. The van der Waals surface area contributed by atoms with Crippen molar-refractivity contribution in [3.8, 4) is 17.3 Å². The normalized spacial score (nSPS) is 11.6. The highest BCUT2D eigenvalue weighted by atomic mass is 16.6. The summed E-state index contributed by atoms with van der Waals surface area (Å²) in [6.07, 6.45) is 0. The van der Waals surface area contributed by atoms with E-state index >= 15 is 0 Å². The number of nitrogens with two attached hydrogens (primary N) is 1. The zero-order valence-electron chi connectivity index (χ0n) is 17.9. The van der Waals surface area contributed by atoms with Crippen LogP contribution in [0.25, 0.3) is 5.82 Å². The molecule has 0 spiro atoms. The number of nitrogens with one attached hydrogen (secondary N) is 1. The van der Waals surface area contributed by atoms with Crippen molar-refractivity contribution in [2.24, 2.45) is 5.10 Å². The van der Waals surface area contributed by atoms with E-state index in [4.69, 9.17) is 15.2 Å². The number of nitrogen functional groups attached to an aromatic ring is 1. The quantitative estimate of drug-likeness (QED) is 0.404. The maximum atomic E-state index is 12.8. The Morgan fingerprint density at radius 1 is 1.32 bits per heavy atom. The summed E-state index contributed by atoms with van der Waals surface area (Å²) in [7, 11) is 1.56. The van der Waals surface area contributed by atoms with Gasteiger partial charge in [0.2, 0.25) is 11.6 Å². The highest BCUT2D eigenvalue weighted by Gasteiger charge is 2.25. The monoisotopic (exact) mass is 428 g/mol. The van der Waals surface area contributed by atoms with Gasteiger partial charge >= 0.3 is 0 Å². The standard InChI is InChI=1S/C19H24N8O4/c1-6-30-13-8-7-12(9-14(13)29-5)11(4)21-23-19(28)15-16(10(2)3)27(26-22-15)18-17(20)24-31-25-18/h7-10H,6H2,1-5H3,(H2,20,24)(H,23,28). The Bertz CT molecular complexity index is 1100. The highest BCUT2D eigenvalue weighted by Crippen LogP contribution is 2.28. The van der Waals surface area contributed by atoms with Crippen LogP contribution < -0.4 is 20.6 Å². The van der Waals surface area contributed by atoms with Crippen LogP contribution in [0.15, 0.2) is 27.9 Å². The Hall–Kier alpha value is -3.96. The molecule has 1 aromatic carbocycles. The van der Waals surface area contributed by atoms with Crippen molar-refractivity contribution in [3.05, 3.63) is 35.2 Å². The largest absolute Gasteiger partial charge is 0.493 e. The molecule has 0 saturated carbocycles. The number of methoxy groups -OCH3 is 1. The predicted octanol–water partition coefficient (Wildman–Crippen LogP) is 1.92. The molecule has 1 amide bonds. The minimum atomic E-state index is -0.526. The second-order valence-electron chi connectivity index (χ2n) is 6.80. The maximum absolute atomic E-state index is 12.8. The fourth-order valence-corrected chi connectivity index (χ4v) is 2.88. The number of nitrogens with zero attached hydrogens (tertiary/aromatic N) is 6. The van der Waals surface area contributed by atoms with Crippen molar-refractivity contribution < 1.29 is 18.9 Å². The first-order valence-electron chi connectivity index (χ1n) is 9.57. The van der Waals surface area contributed by atoms with E-state index in [0.29, 0.717) is 29.5 Å². The van der Waals surface area contributed by atoms with Gasteiger partial charge in [-0.1, -0.05) is 19.1 Å². The SMILES string of the molecule is CCOc1ccc(C(C)=NNC(=O)c2nnn(-c3nonc3N)c2C(C)C)cc1OC. The van der Waals surface area contributed by atoms with Crippen molar-refractivity contribution >= 4 is 17.4 Å². The Morgan fingerprint density at radius 3 is 2.71 bits per heavy atom. The van der Waals surface area contributed by atoms with Crippen LogP contribution in [0.2, 0.25) is 0 Å². The summed E-state index contributed by atoms with van der Waals surface area (Å²) in [5.74, 6) is 0.762. The minimum absolute atomic E-state index is 0.0390. The second kappa shape index (κ2) is 9.24. The third-order valence-electron chi connectivity index (χ3n) is 4.37. The van der Waals surface area contributed by atoms with Crippen LogP contribution in [0.1, 0.15) is 55.4 Å². The number of anilines is 1. The molecule has 0 aliphatic carbocycles. The number of aromatic nitrogens is 5. The van der Waals surface area contributed by atoms with Gasteiger partial charge in [-0.2, -0.15) is 9.78 Å². The molecule has 164 valence electrons. The molecule has 0 unspecified atom stereocenters. The molecule has 0 bridgehead atoms. The Kier molecular flexibility index (Phi) is 6.48. The van der Waals surface area contributed by atoms with Gasteiger partial charge in [-0.3, -0.25) is 4.79 Å². The van der Waals surface area contributed by atoms with Gasteiger partial charge in [0, 0.05) is 5.56 Å². The van der Waals surface area contributed by atoms with Crippen molar-refractivity contribution in [3.63, 3.8) is 0 Å². The molecule has 3 N–H and O–H groups in total. The summed E-state index contributed by atoms with van der Waals surface area (Å²) in [6, 6.07) is 5.40. The number of benzene rings is 1. The van der Waals surface area contributed by atoms with E-state index in [2.05, 4.69) is 35.8 Å². The molecule has 12 nitrogen and oxygen atoms in total. The molecule has 0 aliphatic rings. The van der Waals surface area contributed by atoms with Gasteiger partial charge in [-0.25, -0.2) is 10.1 Å². The predicted molar refractivity (Wildman–Crippen MR) is 112 cm³/mol. The van der Waals surface area contributed by atoms with E-state index in [9.17, 15) is 4.79 Å². The zero-order valence-corrected chi connectivity index (χ0v) is 17.9. The lowest BCUT2D eigenvalue weighted by Crippen LogP contribution is -2.22. The number of ether oxygens (including phenoxy) is 2. The van der Waals surface area contributed by atoms with Crippen molar-refractivity contribution in [2.75, 3.05) is 19.5 Å². The van der Waals surface area contributed by atoms with Crippen molar-refractivity contribution in [1.82, 2.24) is 30.7 Å². The van der Waals surface area contributed by atoms with E-state index in [-0.39, 0.29) is 23.2 Å². The molecular formula is C19H24N8O4. The van der Waals surface area contributed by atoms with Gasteiger partial charge in [0.1, 0.15) is 0 Å². The van der Waals surface area contributed by atoms with Gasteiger partial charge in [0.25, 0.3) is 5.91 Å². The Morgan fingerprint density at radius 2 is 2.10 bits per heavy atom. The number of rotatable bonds is 8. The molecule has 31 heavy (non-hydrogen) atoms. The van der Waals surface area contributed by atoms with Crippen molar-refractivity contribution in [2.45, 2.75) is 33.6 Å². The molecule has 3 aromatic rings. The molecule has 0 radical (unpaired) electrons. The third kappa shape index (κ3) is 4.47. The number of carbonyl (C=O) groups is 1. The van der Waals surface area contributed by atoms with E-state index in [1.807, 2.05) is 26.8 Å². The summed E-state index contributed by atoms with van der Waals surface area (Å²) in [5, 5.41) is 19.4. The average molecular weight is 428 g/mol. The molecule has 3 rings (SSSR count). The lowest BCUT2D eigenvalue weighted by atomic mass is 10.1. The first-order valence-corrected chi connectivity index (χ1v) is 9.57. The second-order valence-corrected chi connectivity index (χ2v) is 6.80. The lowest BCUT2D eigenvalue weighted by molar-refractivity contribution is 0.0948. The van der Waals surface area contributed by atoms with Crippen molar-refractivity contribution in [1.29, 1.82) is 0 Å². The van der Waals surface area contributed by atoms with Gasteiger partial charge < -0.3 is 15.2 Å². The first kappa shape index (κ1) is 21.7. The molecule has 12 heteroatoms. The molecule has 0 saturated heterocycles. The summed E-state index contributed by atoms with van der Waals surface area (Å²) >= 11 is 0. The Balaban J connectivity index is 1.84. The van der Waals surface area contributed by atoms with Crippen LogP contribution in [0.5, 0.6) is 11.5 Å². The average Bonchev–Trinajstić information content (AvgIpc) is 3.38. The molecule has 0 aliphatic heterocycles. The molecular weight excluding hydrogens is 404 g/mol. The number of hydrogen-bond acceptors (Lipinski definition) is 10. The van der Waals surface area contributed by atoms with Crippen LogP contribution >= 0.6 is 0 Å². The topological polar surface area (TPSA) is 156 Å². The van der Waals surface area contributed by atoms with Gasteiger partial charge in [0.15, 0.2) is 17.2 Å². The van der Waals surface area contributed by atoms with Gasteiger partial charge in [-0.05, 0) is 48.3 Å². The highest BCUT2D eigenvalue weighted by molar-refractivity contribution is 6.01. The summed E-state index contributed by atoms with van der Waals surface area (Å²) < 4.78 is 16.8. The fourth-order valence-electron chi connectivity index (χ4n) is 2.88. The number of hydrogen-bond donors (Lipinski definition) is 2.